The van der Waals surface area contributed by atoms with E-state index in [0.29, 0.717) is 5.56 Å². The highest BCUT2D eigenvalue weighted by Gasteiger charge is 2.53. The highest BCUT2D eigenvalue weighted by molar-refractivity contribution is 7.89. The molecule has 0 aliphatic heterocycles. The fourth-order valence-corrected chi connectivity index (χ4v) is 7.47. The minimum absolute atomic E-state index is 0.0138. The predicted octanol–water partition coefficient (Wildman–Crippen LogP) is 3.12. The van der Waals surface area contributed by atoms with Crippen LogP contribution in [0.4, 0.5) is 0 Å². The average Bonchev–Trinajstić information content (AvgIpc) is 2.71. The Bertz CT molecular complexity index is 982. The second kappa shape index (κ2) is 8.45. The van der Waals surface area contributed by atoms with Gasteiger partial charge in [0.2, 0.25) is 10.0 Å². The number of amides is 1. The van der Waals surface area contributed by atoms with Crippen LogP contribution in [0.3, 0.4) is 0 Å². The molecule has 0 aromatic heterocycles. The number of hydrogen-bond donors (Lipinski definition) is 1. The first kappa shape index (κ1) is 23.2. The van der Waals surface area contributed by atoms with E-state index in [1.54, 1.807) is 13.0 Å². The summed E-state index contributed by atoms with van der Waals surface area (Å²) in [4.78, 5) is 25.2. The van der Waals surface area contributed by atoms with Crippen LogP contribution < -0.4 is 5.32 Å². The maximum Gasteiger partial charge on any atom is 0.338 e. The third kappa shape index (κ3) is 4.31. The van der Waals surface area contributed by atoms with Gasteiger partial charge in [0, 0.05) is 20.1 Å². The Labute approximate surface area is 190 Å². The number of ether oxygens (including phenoxy) is 1. The van der Waals surface area contributed by atoms with Crippen LogP contribution >= 0.6 is 0 Å². The Morgan fingerprint density at radius 3 is 2.22 bits per heavy atom. The standard InChI is InChI=1S/C24H34N2O5S/c1-15-5-6-20(32(29,30)26(3)4)10-21(15)23(28)31-14-22(27)25-16(2)24-11-17-7-18(12-24)9-19(8-17)13-24/h5-6,10,16-19H,7-9,11-14H2,1-4H3,(H,25,27)/t16-,17?,18?,19?,24?/m0/s1. The number of hydrogen-bond acceptors (Lipinski definition) is 5. The smallest absolute Gasteiger partial charge is 0.338 e. The van der Waals surface area contributed by atoms with E-state index >= 15 is 0 Å². The molecule has 7 nitrogen and oxygen atoms in total. The van der Waals surface area contributed by atoms with Crippen molar-refractivity contribution in [2.45, 2.75) is 63.3 Å². The lowest BCUT2D eigenvalue weighted by Gasteiger charge is -2.59. The molecule has 8 heteroatoms. The molecule has 1 aromatic carbocycles. The number of rotatable bonds is 7. The molecular formula is C24H34N2O5S. The number of carbonyl (C=O) groups excluding carboxylic acids is 2. The van der Waals surface area contributed by atoms with E-state index in [1.165, 1.54) is 64.8 Å². The number of benzene rings is 1. The van der Waals surface area contributed by atoms with E-state index in [-0.39, 0.29) is 34.4 Å². The number of nitrogens with zero attached hydrogens (tertiary/aromatic N) is 1. The van der Waals surface area contributed by atoms with Gasteiger partial charge in [-0.25, -0.2) is 17.5 Å². The lowest BCUT2D eigenvalue weighted by atomic mass is 9.48. The van der Waals surface area contributed by atoms with Crippen molar-refractivity contribution in [3.8, 4) is 0 Å². The largest absolute Gasteiger partial charge is 0.452 e. The van der Waals surface area contributed by atoms with Gasteiger partial charge in [0.15, 0.2) is 6.61 Å². The molecule has 4 saturated carbocycles. The van der Waals surface area contributed by atoms with E-state index in [1.807, 2.05) is 0 Å². The van der Waals surface area contributed by atoms with Gasteiger partial charge in [-0.1, -0.05) is 6.07 Å². The van der Waals surface area contributed by atoms with Crippen molar-refractivity contribution in [2.75, 3.05) is 20.7 Å². The maximum atomic E-state index is 12.6. The van der Waals surface area contributed by atoms with Crippen molar-refractivity contribution < 1.29 is 22.7 Å². The first-order valence-corrected chi connectivity index (χ1v) is 12.9. The molecule has 1 amide bonds. The monoisotopic (exact) mass is 462 g/mol. The average molecular weight is 463 g/mol. The number of sulfonamides is 1. The van der Waals surface area contributed by atoms with Gasteiger partial charge in [-0.2, -0.15) is 0 Å². The molecule has 176 valence electrons. The zero-order valence-corrected chi connectivity index (χ0v) is 20.2. The SMILES string of the molecule is Cc1ccc(S(=O)(=O)N(C)C)cc1C(=O)OCC(=O)N[C@@H](C)C12CC3CC(CC(C3)C1)C2. The molecule has 1 N–H and O–H groups in total. The summed E-state index contributed by atoms with van der Waals surface area (Å²) in [6, 6.07) is 4.39. The van der Waals surface area contributed by atoms with Gasteiger partial charge in [0.05, 0.1) is 10.5 Å². The van der Waals surface area contributed by atoms with Gasteiger partial charge < -0.3 is 10.1 Å². The first-order chi connectivity index (χ1) is 15.0. The van der Waals surface area contributed by atoms with Crippen LogP contribution in [0.15, 0.2) is 23.1 Å². The van der Waals surface area contributed by atoms with E-state index in [2.05, 4.69) is 12.2 Å². The summed E-state index contributed by atoms with van der Waals surface area (Å²) in [6.45, 7) is 3.42. The van der Waals surface area contributed by atoms with Crippen LogP contribution in [-0.4, -0.2) is 51.3 Å². The van der Waals surface area contributed by atoms with Gasteiger partial charge in [-0.3, -0.25) is 4.79 Å². The Balaban J connectivity index is 1.37. The fourth-order valence-electron chi connectivity index (χ4n) is 6.55. The zero-order valence-electron chi connectivity index (χ0n) is 19.4. The van der Waals surface area contributed by atoms with E-state index < -0.39 is 16.0 Å². The van der Waals surface area contributed by atoms with Crippen LogP contribution in [0.5, 0.6) is 0 Å². The zero-order chi connectivity index (χ0) is 23.3. The Hall–Kier alpha value is -1.93. The second-order valence-corrected chi connectivity index (χ2v) is 12.6. The highest BCUT2D eigenvalue weighted by atomic mass is 32.2. The van der Waals surface area contributed by atoms with E-state index in [4.69, 9.17) is 4.74 Å². The quantitative estimate of drug-likeness (QED) is 0.629. The molecule has 4 bridgehead atoms. The molecule has 32 heavy (non-hydrogen) atoms. The summed E-state index contributed by atoms with van der Waals surface area (Å²) >= 11 is 0. The number of nitrogens with one attached hydrogen (secondary N) is 1. The molecule has 0 spiro atoms. The van der Waals surface area contributed by atoms with Gasteiger partial charge >= 0.3 is 5.97 Å². The Kier molecular flexibility index (Phi) is 6.13. The lowest BCUT2D eigenvalue weighted by Crippen LogP contribution is -2.56. The molecule has 4 aliphatic carbocycles. The molecular weight excluding hydrogens is 428 g/mol. The Morgan fingerprint density at radius 2 is 1.69 bits per heavy atom. The number of esters is 1. The molecule has 4 fully saturated rings. The van der Waals surface area contributed by atoms with E-state index in [9.17, 15) is 18.0 Å². The second-order valence-electron chi connectivity index (χ2n) is 10.4. The fraction of sp³-hybridized carbons (Fsp3) is 0.667. The normalized spacial score (nSPS) is 29.7. The van der Waals surface area contributed by atoms with Crippen molar-refractivity contribution in [3.63, 3.8) is 0 Å². The third-order valence-electron chi connectivity index (χ3n) is 7.92. The summed E-state index contributed by atoms with van der Waals surface area (Å²) in [6.07, 6.45) is 7.60. The van der Waals surface area contributed by atoms with Gasteiger partial charge in [0.25, 0.3) is 5.91 Å². The number of aryl methyl sites for hydroxylation is 1. The third-order valence-corrected chi connectivity index (χ3v) is 9.73. The Morgan fingerprint density at radius 1 is 1.12 bits per heavy atom. The maximum absolute atomic E-state index is 12.6. The van der Waals surface area contributed by atoms with Crippen LogP contribution in [-0.2, 0) is 19.6 Å². The van der Waals surface area contributed by atoms with Gasteiger partial charge in [-0.15, -0.1) is 0 Å². The van der Waals surface area contributed by atoms with E-state index in [0.717, 1.165) is 22.1 Å². The van der Waals surface area contributed by atoms with Crippen molar-refractivity contribution in [2.24, 2.45) is 23.2 Å². The van der Waals surface area contributed by atoms with Crippen molar-refractivity contribution in [1.29, 1.82) is 0 Å². The van der Waals surface area contributed by atoms with Crippen molar-refractivity contribution in [3.05, 3.63) is 29.3 Å². The molecule has 5 rings (SSSR count). The molecule has 0 unspecified atom stereocenters. The van der Waals surface area contributed by atoms with Crippen molar-refractivity contribution in [1.82, 2.24) is 9.62 Å². The lowest BCUT2D eigenvalue weighted by molar-refractivity contribution is -0.128. The molecule has 0 radical (unpaired) electrons. The summed E-state index contributed by atoms with van der Waals surface area (Å²) in [5, 5.41) is 3.09. The van der Waals surface area contributed by atoms with Gasteiger partial charge in [0.1, 0.15) is 0 Å². The predicted molar refractivity (Wildman–Crippen MR) is 121 cm³/mol. The summed E-state index contributed by atoms with van der Waals surface area (Å²) < 4.78 is 31.1. The van der Waals surface area contributed by atoms with Crippen LogP contribution in [0.1, 0.15) is 61.4 Å². The number of carbonyl (C=O) groups is 2. The first-order valence-electron chi connectivity index (χ1n) is 11.5. The highest BCUT2D eigenvalue weighted by Crippen LogP contribution is 2.61. The van der Waals surface area contributed by atoms with Crippen LogP contribution in [0.25, 0.3) is 0 Å². The molecule has 0 heterocycles. The van der Waals surface area contributed by atoms with Crippen LogP contribution in [0.2, 0.25) is 0 Å². The molecule has 1 atom stereocenters. The molecule has 0 saturated heterocycles. The minimum Gasteiger partial charge on any atom is -0.452 e. The summed E-state index contributed by atoms with van der Waals surface area (Å²) in [5.41, 5.74) is 0.921. The topological polar surface area (TPSA) is 92.8 Å². The van der Waals surface area contributed by atoms with Crippen molar-refractivity contribution >= 4 is 21.9 Å². The summed E-state index contributed by atoms with van der Waals surface area (Å²) in [7, 11) is -0.807. The minimum atomic E-state index is -3.67. The van der Waals surface area contributed by atoms with Gasteiger partial charge in [-0.05, 0) is 93.2 Å². The van der Waals surface area contributed by atoms with Crippen LogP contribution in [0, 0.1) is 30.1 Å². The molecule has 1 aromatic rings. The molecule has 4 aliphatic rings. The summed E-state index contributed by atoms with van der Waals surface area (Å²) in [5.74, 6) is 1.39.